The molecule has 0 unspecified atom stereocenters. The van der Waals surface area contributed by atoms with Gasteiger partial charge < -0.3 is 10.8 Å². The summed E-state index contributed by atoms with van der Waals surface area (Å²) in [5, 5.41) is 10.5. The van der Waals surface area contributed by atoms with E-state index in [1.54, 1.807) is 18.2 Å². The van der Waals surface area contributed by atoms with Gasteiger partial charge in [0.15, 0.2) is 5.43 Å². The van der Waals surface area contributed by atoms with Crippen molar-refractivity contribution >= 4 is 0 Å². The molecule has 1 aromatic rings. The minimum absolute atomic E-state index is 0.458. The van der Waals surface area contributed by atoms with Gasteiger partial charge in [0.25, 0.3) is 0 Å². The molecule has 3 N–H and O–H groups in total. The Kier molecular flexibility index (Phi) is 5.57. The van der Waals surface area contributed by atoms with Crippen molar-refractivity contribution in [3.05, 3.63) is 40.6 Å². The van der Waals surface area contributed by atoms with Crippen LogP contribution in [0.15, 0.2) is 35.1 Å². The van der Waals surface area contributed by atoms with Crippen LogP contribution >= 0.6 is 0 Å². The zero-order valence-corrected chi connectivity index (χ0v) is 9.52. The third kappa shape index (κ3) is 4.94. The largest absolute Gasteiger partial charge is 0.870 e. The Balaban J connectivity index is 0.000000165. The second kappa shape index (κ2) is 7.01. The molecule has 1 fully saturated rings. The zero-order chi connectivity index (χ0) is 11.8. The van der Waals surface area contributed by atoms with E-state index in [0.29, 0.717) is 0 Å². The van der Waals surface area contributed by atoms with E-state index in [0.717, 1.165) is 6.04 Å². The molecule has 0 bridgehead atoms. The van der Waals surface area contributed by atoms with Crippen LogP contribution in [0.5, 0.6) is 5.75 Å². The van der Waals surface area contributed by atoms with E-state index < -0.39 is 11.2 Å². The maximum Gasteiger partial charge on any atom is 0.170 e. The summed E-state index contributed by atoms with van der Waals surface area (Å²) in [5.74, 6) is -0.458. The van der Waals surface area contributed by atoms with Crippen molar-refractivity contribution in [3.8, 4) is 5.75 Å². The van der Waals surface area contributed by atoms with Crippen LogP contribution in [0.1, 0.15) is 32.1 Å². The van der Waals surface area contributed by atoms with Gasteiger partial charge in [0.05, 0.1) is 6.04 Å². The second-order valence-corrected chi connectivity index (χ2v) is 4.14. The SMILES string of the molecule is O=c1cccccc1[O-].[NH3+]C1CCCCC1. The molecule has 3 nitrogen and oxygen atoms in total. The summed E-state index contributed by atoms with van der Waals surface area (Å²) >= 11 is 0. The molecule has 0 aliphatic heterocycles. The fraction of sp³-hybridized carbons (Fsp3) is 0.462. The third-order valence-corrected chi connectivity index (χ3v) is 2.69. The number of hydrogen-bond donors (Lipinski definition) is 1. The van der Waals surface area contributed by atoms with Gasteiger partial charge in [-0.15, -0.1) is 0 Å². The summed E-state index contributed by atoms with van der Waals surface area (Å²) < 4.78 is 0. The molecule has 1 aliphatic carbocycles. The van der Waals surface area contributed by atoms with Crippen LogP contribution in [0.4, 0.5) is 0 Å². The smallest absolute Gasteiger partial charge is 0.170 e. The van der Waals surface area contributed by atoms with Crippen LogP contribution < -0.4 is 16.3 Å². The van der Waals surface area contributed by atoms with Crippen LogP contribution in [-0.4, -0.2) is 6.04 Å². The van der Waals surface area contributed by atoms with Gasteiger partial charge in [-0.1, -0.05) is 36.4 Å². The van der Waals surface area contributed by atoms with Gasteiger partial charge in [-0.2, -0.15) is 0 Å². The molecular formula is C13H19NO2. The maximum atomic E-state index is 10.5. The summed E-state index contributed by atoms with van der Waals surface area (Å²) in [6.45, 7) is 0. The van der Waals surface area contributed by atoms with Crippen LogP contribution in [0.25, 0.3) is 0 Å². The number of hydrogen-bond acceptors (Lipinski definition) is 2. The highest BCUT2D eigenvalue weighted by Crippen LogP contribution is 2.13. The van der Waals surface area contributed by atoms with Crippen molar-refractivity contribution in [2.45, 2.75) is 38.1 Å². The third-order valence-electron chi connectivity index (χ3n) is 2.69. The summed E-state index contributed by atoms with van der Waals surface area (Å²) in [6.07, 6.45) is 7.05. The Hall–Kier alpha value is -1.35. The zero-order valence-electron chi connectivity index (χ0n) is 9.52. The van der Waals surface area contributed by atoms with Crippen molar-refractivity contribution in [2.24, 2.45) is 0 Å². The second-order valence-electron chi connectivity index (χ2n) is 4.14. The Morgan fingerprint density at radius 1 is 1.06 bits per heavy atom. The molecule has 2 rings (SSSR count). The van der Waals surface area contributed by atoms with Gasteiger partial charge in [0.1, 0.15) is 0 Å². The first-order valence-electron chi connectivity index (χ1n) is 5.79. The van der Waals surface area contributed by atoms with E-state index in [9.17, 15) is 9.90 Å². The highest BCUT2D eigenvalue weighted by Gasteiger charge is 2.09. The molecule has 0 atom stereocenters. The molecular weight excluding hydrogens is 202 g/mol. The highest BCUT2D eigenvalue weighted by atomic mass is 16.3. The first kappa shape index (κ1) is 12.7. The highest BCUT2D eigenvalue weighted by molar-refractivity contribution is 5.16. The van der Waals surface area contributed by atoms with Gasteiger partial charge in [0, 0.05) is 0 Å². The minimum atomic E-state index is -0.458. The number of quaternary nitrogens is 1. The predicted molar refractivity (Wildman–Crippen MR) is 61.9 cm³/mol. The minimum Gasteiger partial charge on any atom is -0.870 e. The summed E-state index contributed by atoms with van der Waals surface area (Å²) in [7, 11) is 0. The molecule has 0 saturated heterocycles. The lowest BCUT2D eigenvalue weighted by Gasteiger charge is -2.12. The Morgan fingerprint density at radius 2 is 1.69 bits per heavy atom. The molecule has 88 valence electrons. The monoisotopic (exact) mass is 221 g/mol. The first-order chi connectivity index (χ1) is 7.70. The van der Waals surface area contributed by atoms with Crippen LogP contribution in [0.3, 0.4) is 0 Å². The van der Waals surface area contributed by atoms with E-state index in [1.165, 1.54) is 44.2 Å². The van der Waals surface area contributed by atoms with E-state index in [2.05, 4.69) is 5.73 Å². The molecule has 0 heterocycles. The van der Waals surface area contributed by atoms with Crippen molar-refractivity contribution in [1.82, 2.24) is 0 Å². The summed E-state index contributed by atoms with van der Waals surface area (Å²) in [5.41, 5.74) is 3.54. The molecule has 16 heavy (non-hydrogen) atoms. The maximum absolute atomic E-state index is 10.5. The van der Waals surface area contributed by atoms with Crippen molar-refractivity contribution in [1.29, 1.82) is 0 Å². The summed E-state index contributed by atoms with van der Waals surface area (Å²) in [4.78, 5) is 10.5. The van der Waals surface area contributed by atoms with Crippen molar-refractivity contribution in [2.75, 3.05) is 0 Å². The topological polar surface area (TPSA) is 67.8 Å². The fourth-order valence-electron chi connectivity index (χ4n) is 1.70. The van der Waals surface area contributed by atoms with Gasteiger partial charge >= 0.3 is 0 Å². The predicted octanol–water partition coefficient (Wildman–Crippen LogP) is 0.681. The van der Waals surface area contributed by atoms with E-state index >= 15 is 0 Å². The lowest BCUT2D eigenvalue weighted by molar-refractivity contribution is -0.425. The average Bonchev–Trinajstić information content (AvgIpc) is 2.47. The van der Waals surface area contributed by atoms with Crippen LogP contribution in [-0.2, 0) is 0 Å². The standard InChI is InChI=1S/C7H6O2.C6H13N/c8-6-4-2-1-3-5-7(6)9;7-6-4-2-1-3-5-6/h1-5H,(H,8,9);6H,1-5,7H2. The van der Waals surface area contributed by atoms with Crippen molar-refractivity contribution in [3.63, 3.8) is 0 Å². The quantitative estimate of drug-likeness (QED) is 0.700. The van der Waals surface area contributed by atoms with E-state index in [1.807, 2.05) is 0 Å². The molecule has 1 aliphatic rings. The van der Waals surface area contributed by atoms with Gasteiger partial charge in [0.2, 0.25) is 0 Å². The Bertz CT molecular complexity index is 359. The molecule has 3 heteroatoms. The Morgan fingerprint density at radius 3 is 2.25 bits per heavy atom. The van der Waals surface area contributed by atoms with Crippen molar-refractivity contribution < 1.29 is 10.8 Å². The normalized spacial score (nSPS) is 16.1. The Labute approximate surface area is 95.9 Å². The van der Waals surface area contributed by atoms with Gasteiger partial charge in [-0.3, -0.25) is 4.79 Å². The fourth-order valence-corrected chi connectivity index (χ4v) is 1.70. The average molecular weight is 221 g/mol. The molecule has 1 aromatic carbocycles. The molecule has 0 aromatic heterocycles. The molecule has 0 radical (unpaired) electrons. The molecule has 0 amide bonds. The molecule has 1 saturated carbocycles. The lowest BCUT2D eigenvalue weighted by atomic mass is 9.97. The lowest BCUT2D eigenvalue weighted by Crippen LogP contribution is -2.61. The van der Waals surface area contributed by atoms with Crippen LogP contribution in [0.2, 0.25) is 0 Å². The number of rotatable bonds is 0. The van der Waals surface area contributed by atoms with Gasteiger partial charge in [-0.25, -0.2) is 0 Å². The van der Waals surface area contributed by atoms with Gasteiger partial charge in [-0.05, 0) is 31.7 Å². The summed E-state index contributed by atoms with van der Waals surface area (Å²) in [6, 6.07) is 8.02. The van der Waals surface area contributed by atoms with Crippen LogP contribution in [0, 0.1) is 0 Å². The van der Waals surface area contributed by atoms with E-state index in [4.69, 9.17) is 0 Å². The molecule has 0 spiro atoms. The first-order valence-corrected chi connectivity index (χ1v) is 5.79. The van der Waals surface area contributed by atoms with E-state index in [-0.39, 0.29) is 0 Å².